The van der Waals surface area contributed by atoms with Gasteiger partial charge in [-0.1, -0.05) is 41.7 Å². The summed E-state index contributed by atoms with van der Waals surface area (Å²) in [5, 5.41) is 14.8. The number of amides is 2. The molecule has 0 saturated carbocycles. The molecule has 1 aromatic heterocycles. The number of rotatable bonds is 5. The van der Waals surface area contributed by atoms with Crippen molar-refractivity contribution in [2.75, 3.05) is 5.32 Å². The second kappa shape index (κ2) is 7.25. The van der Waals surface area contributed by atoms with Crippen LogP contribution in [0, 0.1) is 0 Å². The Bertz CT molecular complexity index is 654. The van der Waals surface area contributed by atoms with Crippen molar-refractivity contribution in [2.45, 2.75) is 13.3 Å². The number of carbonyl (C=O) groups is 2. The third-order valence-electron chi connectivity index (χ3n) is 2.26. The maximum Gasteiger partial charge on any atom is 0.247 e. The van der Waals surface area contributed by atoms with Crippen molar-refractivity contribution in [1.82, 2.24) is 15.6 Å². The Morgan fingerprint density at radius 3 is 2.76 bits per heavy atom. The van der Waals surface area contributed by atoms with Crippen LogP contribution in [0.3, 0.4) is 0 Å². The van der Waals surface area contributed by atoms with Gasteiger partial charge >= 0.3 is 0 Å². The SMILES string of the molecule is CC(=O)Nc1nnc(CC(=O)N/N=C\c2ccccc2)s1. The number of hydrogen-bond donors (Lipinski definition) is 2. The van der Waals surface area contributed by atoms with Crippen LogP contribution in [0.4, 0.5) is 5.13 Å². The summed E-state index contributed by atoms with van der Waals surface area (Å²) in [5.74, 6) is -0.526. The molecule has 0 saturated heterocycles. The largest absolute Gasteiger partial charge is 0.301 e. The highest BCUT2D eigenvalue weighted by Gasteiger charge is 2.09. The van der Waals surface area contributed by atoms with Crippen LogP contribution in [0.15, 0.2) is 35.4 Å². The number of hydrogen-bond acceptors (Lipinski definition) is 6. The van der Waals surface area contributed by atoms with E-state index in [2.05, 4.69) is 26.0 Å². The van der Waals surface area contributed by atoms with Crippen LogP contribution in [0.25, 0.3) is 0 Å². The lowest BCUT2D eigenvalue weighted by Gasteiger charge is -1.96. The van der Waals surface area contributed by atoms with E-state index in [1.165, 1.54) is 6.92 Å². The third-order valence-corrected chi connectivity index (χ3v) is 3.10. The van der Waals surface area contributed by atoms with E-state index >= 15 is 0 Å². The van der Waals surface area contributed by atoms with E-state index in [9.17, 15) is 9.59 Å². The van der Waals surface area contributed by atoms with Crippen LogP contribution < -0.4 is 10.7 Å². The predicted octanol–water partition coefficient (Wildman–Crippen LogP) is 1.19. The lowest BCUT2D eigenvalue weighted by molar-refractivity contribution is -0.120. The summed E-state index contributed by atoms with van der Waals surface area (Å²) in [7, 11) is 0. The fourth-order valence-corrected chi connectivity index (χ4v) is 2.21. The Labute approximate surface area is 125 Å². The van der Waals surface area contributed by atoms with Crippen molar-refractivity contribution < 1.29 is 9.59 Å². The molecule has 0 atom stereocenters. The Kier molecular flexibility index (Phi) is 5.10. The van der Waals surface area contributed by atoms with E-state index in [0.717, 1.165) is 16.9 Å². The van der Waals surface area contributed by atoms with Gasteiger partial charge in [0, 0.05) is 6.92 Å². The van der Waals surface area contributed by atoms with Gasteiger partial charge in [-0.15, -0.1) is 10.2 Å². The number of nitrogens with one attached hydrogen (secondary N) is 2. The molecule has 2 aromatic rings. The van der Waals surface area contributed by atoms with Crippen molar-refractivity contribution in [3.8, 4) is 0 Å². The van der Waals surface area contributed by atoms with Gasteiger partial charge in [0.1, 0.15) is 5.01 Å². The lowest BCUT2D eigenvalue weighted by Crippen LogP contribution is -2.19. The smallest absolute Gasteiger partial charge is 0.247 e. The van der Waals surface area contributed by atoms with Gasteiger partial charge in [-0.25, -0.2) is 5.43 Å². The van der Waals surface area contributed by atoms with Crippen molar-refractivity contribution in [3.63, 3.8) is 0 Å². The van der Waals surface area contributed by atoms with Gasteiger partial charge < -0.3 is 5.32 Å². The highest BCUT2D eigenvalue weighted by Crippen LogP contribution is 2.15. The monoisotopic (exact) mass is 303 g/mol. The van der Waals surface area contributed by atoms with E-state index in [-0.39, 0.29) is 18.2 Å². The summed E-state index contributed by atoms with van der Waals surface area (Å²) in [6, 6.07) is 9.42. The van der Waals surface area contributed by atoms with Crippen LogP contribution in [-0.2, 0) is 16.0 Å². The Morgan fingerprint density at radius 1 is 1.29 bits per heavy atom. The van der Waals surface area contributed by atoms with Crippen LogP contribution >= 0.6 is 11.3 Å². The maximum atomic E-state index is 11.7. The van der Waals surface area contributed by atoms with E-state index in [1.54, 1.807) is 6.21 Å². The van der Waals surface area contributed by atoms with Gasteiger partial charge in [0.05, 0.1) is 12.6 Å². The molecule has 2 rings (SSSR count). The summed E-state index contributed by atoms with van der Waals surface area (Å²) >= 11 is 1.15. The quantitative estimate of drug-likeness (QED) is 0.640. The summed E-state index contributed by atoms with van der Waals surface area (Å²) in [6.45, 7) is 1.38. The molecule has 0 spiro atoms. The summed E-state index contributed by atoms with van der Waals surface area (Å²) in [4.78, 5) is 22.5. The van der Waals surface area contributed by atoms with Gasteiger partial charge in [0.25, 0.3) is 0 Å². The fourth-order valence-electron chi connectivity index (χ4n) is 1.42. The number of hydrazone groups is 1. The molecular formula is C13H13N5O2S. The highest BCUT2D eigenvalue weighted by molar-refractivity contribution is 7.15. The molecule has 108 valence electrons. The number of benzene rings is 1. The van der Waals surface area contributed by atoms with E-state index in [1.807, 2.05) is 30.3 Å². The minimum absolute atomic E-state index is 0.0589. The molecule has 0 bridgehead atoms. The zero-order valence-electron chi connectivity index (χ0n) is 11.2. The zero-order chi connectivity index (χ0) is 15.1. The third kappa shape index (κ3) is 5.11. The second-order valence-electron chi connectivity index (χ2n) is 4.06. The van der Waals surface area contributed by atoms with Crippen LogP contribution in [-0.4, -0.2) is 28.2 Å². The number of anilines is 1. The molecule has 2 N–H and O–H groups in total. The topological polar surface area (TPSA) is 96.3 Å². The van der Waals surface area contributed by atoms with Gasteiger partial charge in [0.2, 0.25) is 16.9 Å². The minimum atomic E-state index is -0.298. The maximum absolute atomic E-state index is 11.7. The molecule has 7 nitrogen and oxygen atoms in total. The summed E-state index contributed by atoms with van der Waals surface area (Å²) < 4.78 is 0. The summed E-state index contributed by atoms with van der Waals surface area (Å²) in [6.07, 6.45) is 1.62. The van der Waals surface area contributed by atoms with Crippen LogP contribution in [0.1, 0.15) is 17.5 Å². The standard InChI is InChI=1S/C13H13N5O2S/c1-9(19)15-13-18-17-12(21-13)7-11(20)16-14-8-10-5-3-2-4-6-10/h2-6,8H,7H2,1H3,(H,16,20)(H,15,18,19)/b14-8-. The molecule has 21 heavy (non-hydrogen) atoms. The molecule has 0 aliphatic heterocycles. The first-order valence-corrected chi connectivity index (χ1v) is 6.92. The van der Waals surface area contributed by atoms with Crippen molar-refractivity contribution in [1.29, 1.82) is 0 Å². The first-order valence-electron chi connectivity index (χ1n) is 6.10. The molecule has 1 aromatic carbocycles. The van der Waals surface area contributed by atoms with E-state index in [4.69, 9.17) is 0 Å². The van der Waals surface area contributed by atoms with Crippen molar-refractivity contribution >= 4 is 34.5 Å². The molecule has 0 aliphatic carbocycles. The lowest BCUT2D eigenvalue weighted by atomic mass is 10.2. The van der Waals surface area contributed by atoms with Gasteiger partial charge in [-0.3, -0.25) is 9.59 Å². The number of carbonyl (C=O) groups excluding carboxylic acids is 2. The molecule has 0 aliphatic rings. The predicted molar refractivity (Wildman–Crippen MR) is 80.1 cm³/mol. The molecule has 0 fully saturated rings. The van der Waals surface area contributed by atoms with Gasteiger partial charge in [0.15, 0.2) is 0 Å². The van der Waals surface area contributed by atoms with E-state index < -0.39 is 0 Å². The highest BCUT2D eigenvalue weighted by atomic mass is 32.1. The van der Waals surface area contributed by atoms with Crippen molar-refractivity contribution in [3.05, 3.63) is 40.9 Å². The molecule has 2 amide bonds. The fraction of sp³-hybridized carbons (Fsp3) is 0.154. The molecule has 1 heterocycles. The molecule has 8 heteroatoms. The van der Waals surface area contributed by atoms with Crippen LogP contribution in [0.5, 0.6) is 0 Å². The molecule has 0 unspecified atom stereocenters. The Balaban J connectivity index is 1.83. The van der Waals surface area contributed by atoms with Gasteiger partial charge in [-0.05, 0) is 5.56 Å². The van der Waals surface area contributed by atoms with E-state index in [0.29, 0.717) is 10.1 Å². The Hall–Kier alpha value is -2.61. The minimum Gasteiger partial charge on any atom is -0.301 e. The van der Waals surface area contributed by atoms with Gasteiger partial charge in [-0.2, -0.15) is 5.10 Å². The first kappa shape index (κ1) is 14.8. The molecular weight excluding hydrogens is 290 g/mol. The summed E-state index contributed by atoms with van der Waals surface area (Å²) in [5.41, 5.74) is 3.30. The average Bonchev–Trinajstić information content (AvgIpc) is 2.86. The van der Waals surface area contributed by atoms with Crippen molar-refractivity contribution in [2.24, 2.45) is 5.10 Å². The normalized spacial score (nSPS) is 10.5. The molecule has 0 radical (unpaired) electrons. The number of aromatic nitrogens is 2. The Morgan fingerprint density at radius 2 is 2.05 bits per heavy atom. The van der Waals surface area contributed by atoms with Crippen LogP contribution in [0.2, 0.25) is 0 Å². The average molecular weight is 303 g/mol. The number of nitrogens with zero attached hydrogens (tertiary/aromatic N) is 3. The second-order valence-corrected chi connectivity index (χ2v) is 5.12. The first-order chi connectivity index (χ1) is 10.1. The zero-order valence-corrected chi connectivity index (χ0v) is 12.1.